The Morgan fingerprint density at radius 3 is 2.30 bits per heavy atom. The molecule has 0 aliphatic carbocycles. The van der Waals surface area contributed by atoms with Crippen LogP contribution >= 0.6 is 0 Å². The number of aliphatic hydroxyl groups excluding tert-OH is 1. The van der Waals surface area contributed by atoms with E-state index in [2.05, 4.69) is 27.7 Å². The molecule has 0 radical (unpaired) electrons. The summed E-state index contributed by atoms with van der Waals surface area (Å²) in [5, 5.41) is 11.7. The average Bonchev–Trinajstić information content (AvgIpc) is 3.22. The minimum Gasteiger partial charge on any atom is -0.507 e. The summed E-state index contributed by atoms with van der Waals surface area (Å²) in [6.45, 7) is 11.5. The Hall–Kier alpha value is -4.26. The summed E-state index contributed by atoms with van der Waals surface area (Å²) in [7, 11) is 0. The first-order chi connectivity index (χ1) is 19.1. The lowest BCUT2D eigenvalue weighted by molar-refractivity contribution is -0.132. The van der Waals surface area contributed by atoms with Gasteiger partial charge in [-0.05, 0) is 60.2 Å². The van der Waals surface area contributed by atoms with Gasteiger partial charge in [-0.2, -0.15) is 0 Å². The maximum atomic E-state index is 13.7. The normalized spacial score (nSPS) is 18.2. The largest absolute Gasteiger partial charge is 0.507 e. The quantitative estimate of drug-likeness (QED) is 0.223. The standard InChI is InChI=1S/C33H35NO6/c1-6-20-8-10-21(11-9-20)29-28(30(35)22-12-14-25(38-7-2)24(18-22)33(3,4)5)31(36)32(37)34(29)23-13-15-26-27(19-23)40-17-16-39-26/h8-15,18-19,29,35H,6-7,16-17H2,1-5H3/b30-28+. The molecule has 7 heteroatoms. The molecule has 0 saturated carbocycles. The highest BCUT2D eigenvalue weighted by Crippen LogP contribution is 2.45. The van der Waals surface area contributed by atoms with E-state index in [1.807, 2.05) is 37.3 Å². The number of anilines is 1. The Morgan fingerprint density at radius 2 is 1.65 bits per heavy atom. The molecule has 1 unspecified atom stereocenters. The lowest BCUT2D eigenvalue weighted by Crippen LogP contribution is -2.29. The smallest absolute Gasteiger partial charge is 0.300 e. The summed E-state index contributed by atoms with van der Waals surface area (Å²) < 4.78 is 17.3. The number of aryl methyl sites for hydroxylation is 1. The number of carbonyl (C=O) groups is 2. The number of ether oxygens (including phenoxy) is 3. The van der Waals surface area contributed by atoms with Gasteiger partial charge in [0.05, 0.1) is 18.2 Å². The minimum absolute atomic E-state index is 0.0353. The van der Waals surface area contributed by atoms with Crippen LogP contribution in [0.25, 0.3) is 5.76 Å². The predicted octanol–water partition coefficient (Wildman–Crippen LogP) is 6.34. The average molecular weight is 542 g/mol. The first-order valence-corrected chi connectivity index (χ1v) is 13.7. The fourth-order valence-corrected chi connectivity index (χ4v) is 5.23. The number of rotatable bonds is 6. The van der Waals surface area contributed by atoms with E-state index >= 15 is 0 Å². The summed E-state index contributed by atoms with van der Waals surface area (Å²) in [4.78, 5) is 28.7. The van der Waals surface area contributed by atoms with Gasteiger partial charge in [0.2, 0.25) is 0 Å². The molecule has 3 aromatic rings. The number of fused-ring (bicyclic) bond motifs is 1. The molecule has 2 heterocycles. The monoisotopic (exact) mass is 541 g/mol. The van der Waals surface area contributed by atoms with E-state index in [-0.39, 0.29) is 16.7 Å². The Balaban J connectivity index is 1.69. The number of hydrogen-bond donors (Lipinski definition) is 1. The summed E-state index contributed by atoms with van der Waals surface area (Å²) in [6, 6.07) is 17.5. The van der Waals surface area contributed by atoms with Crippen molar-refractivity contribution in [2.45, 2.75) is 52.5 Å². The highest BCUT2D eigenvalue weighted by molar-refractivity contribution is 6.51. The molecule has 208 valence electrons. The maximum Gasteiger partial charge on any atom is 0.300 e. The Labute approximate surface area is 235 Å². The van der Waals surface area contributed by atoms with Crippen LogP contribution in [0.5, 0.6) is 17.2 Å². The second-order valence-corrected chi connectivity index (χ2v) is 11.0. The van der Waals surface area contributed by atoms with E-state index in [1.54, 1.807) is 30.3 Å². The van der Waals surface area contributed by atoms with Crippen LogP contribution in [0.4, 0.5) is 5.69 Å². The molecule has 0 aromatic heterocycles. The summed E-state index contributed by atoms with van der Waals surface area (Å²) >= 11 is 0. The number of hydrogen-bond acceptors (Lipinski definition) is 6. The molecule has 7 nitrogen and oxygen atoms in total. The van der Waals surface area contributed by atoms with Crippen molar-refractivity contribution in [3.63, 3.8) is 0 Å². The van der Waals surface area contributed by atoms with Gasteiger partial charge in [-0.15, -0.1) is 0 Å². The molecule has 40 heavy (non-hydrogen) atoms. The number of Topliss-reactive ketones (excluding diaryl/α,β-unsaturated/α-hetero) is 1. The van der Waals surface area contributed by atoms with E-state index < -0.39 is 17.7 Å². The third-order valence-corrected chi connectivity index (χ3v) is 7.31. The van der Waals surface area contributed by atoms with Crippen molar-refractivity contribution in [3.05, 3.63) is 88.5 Å². The lowest BCUT2D eigenvalue weighted by Gasteiger charge is -2.27. The Morgan fingerprint density at radius 1 is 0.950 bits per heavy atom. The van der Waals surface area contributed by atoms with E-state index in [0.717, 1.165) is 28.9 Å². The number of amides is 1. The van der Waals surface area contributed by atoms with Gasteiger partial charge >= 0.3 is 0 Å². The summed E-state index contributed by atoms with van der Waals surface area (Å²) in [6.07, 6.45) is 0.852. The van der Waals surface area contributed by atoms with Crippen LogP contribution in [0.15, 0.2) is 66.2 Å². The maximum absolute atomic E-state index is 13.7. The third-order valence-electron chi connectivity index (χ3n) is 7.31. The van der Waals surface area contributed by atoms with E-state index in [9.17, 15) is 14.7 Å². The van der Waals surface area contributed by atoms with Gasteiger partial charge in [0.25, 0.3) is 11.7 Å². The second-order valence-electron chi connectivity index (χ2n) is 11.0. The molecule has 1 amide bonds. The van der Waals surface area contributed by atoms with Crippen LogP contribution in [0.2, 0.25) is 0 Å². The SMILES string of the molecule is CCOc1ccc(/C(O)=C2\C(=O)C(=O)N(c3ccc4c(c3)OCCO4)C2c2ccc(CC)cc2)cc1C(C)(C)C. The number of benzene rings is 3. The van der Waals surface area contributed by atoms with Crippen molar-refractivity contribution in [3.8, 4) is 17.2 Å². The minimum atomic E-state index is -0.835. The fraction of sp³-hybridized carbons (Fsp3) is 0.333. The van der Waals surface area contributed by atoms with Crippen LogP contribution in [-0.2, 0) is 21.4 Å². The van der Waals surface area contributed by atoms with Crippen LogP contribution < -0.4 is 19.1 Å². The first kappa shape index (κ1) is 27.3. The van der Waals surface area contributed by atoms with Gasteiger partial charge in [0, 0.05) is 22.9 Å². The Kier molecular flexibility index (Phi) is 7.32. The highest BCUT2D eigenvalue weighted by atomic mass is 16.6. The van der Waals surface area contributed by atoms with Crippen molar-refractivity contribution in [1.82, 2.24) is 0 Å². The Bertz CT molecular complexity index is 1480. The molecule has 1 saturated heterocycles. The van der Waals surface area contributed by atoms with Gasteiger partial charge < -0.3 is 19.3 Å². The molecular formula is C33H35NO6. The van der Waals surface area contributed by atoms with Crippen molar-refractivity contribution in [2.75, 3.05) is 24.7 Å². The van der Waals surface area contributed by atoms with Gasteiger partial charge in [-0.1, -0.05) is 52.0 Å². The molecular weight excluding hydrogens is 506 g/mol. The van der Waals surface area contributed by atoms with Gasteiger partial charge in [0.1, 0.15) is 24.7 Å². The summed E-state index contributed by atoms with van der Waals surface area (Å²) in [5.41, 5.74) is 3.42. The summed E-state index contributed by atoms with van der Waals surface area (Å²) in [5.74, 6) is 0.117. The van der Waals surface area contributed by atoms with E-state index in [1.165, 1.54) is 4.90 Å². The van der Waals surface area contributed by atoms with Gasteiger partial charge in [-0.25, -0.2) is 0 Å². The molecule has 1 N–H and O–H groups in total. The van der Waals surface area contributed by atoms with E-state index in [4.69, 9.17) is 14.2 Å². The molecule has 2 aliphatic heterocycles. The van der Waals surface area contributed by atoms with Crippen molar-refractivity contribution >= 4 is 23.1 Å². The van der Waals surface area contributed by atoms with Gasteiger partial charge in [-0.3, -0.25) is 14.5 Å². The molecule has 0 spiro atoms. The van der Waals surface area contributed by atoms with Crippen LogP contribution in [0, 0.1) is 0 Å². The van der Waals surface area contributed by atoms with Crippen molar-refractivity contribution in [2.24, 2.45) is 0 Å². The zero-order valence-corrected chi connectivity index (χ0v) is 23.6. The zero-order valence-electron chi connectivity index (χ0n) is 23.6. The molecule has 2 aliphatic rings. The van der Waals surface area contributed by atoms with Gasteiger partial charge in [0.15, 0.2) is 11.5 Å². The fourth-order valence-electron chi connectivity index (χ4n) is 5.23. The number of aliphatic hydroxyl groups is 1. The third kappa shape index (κ3) is 4.92. The van der Waals surface area contributed by atoms with Crippen molar-refractivity contribution < 1.29 is 28.9 Å². The van der Waals surface area contributed by atoms with Crippen LogP contribution in [0.3, 0.4) is 0 Å². The van der Waals surface area contributed by atoms with Crippen LogP contribution in [0.1, 0.15) is 62.9 Å². The van der Waals surface area contributed by atoms with E-state index in [0.29, 0.717) is 42.6 Å². The van der Waals surface area contributed by atoms with Crippen molar-refractivity contribution in [1.29, 1.82) is 0 Å². The molecule has 3 aromatic carbocycles. The highest BCUT2D eigenvalue weighted by Gasteiger charge is 2.47. The number of ketones is 1. The number of nitrogens with zero attached hydrogens (tertiary/aromatic N) is 1. The number of carbonyl (C=O) groups excluding carboxylic acids is 2. The molecule has 1 atom stereocenters. The lowest BCUT2D eigenvalue weighted by atomic mass is 9.84. The molecule has 1 fully saturated rings. The molecule has 0 bridgehead atoms. The zero-order chi connectivity index (χ0) is 28.6. The van der Waals surface area contributed by atoms with Crippen LogP contribution in [-0.4, -0.2) is 36.6 Å². The first-order valence-electron chi connectivity index (χ1n) is 13.7. The molecule has 5 rings (SSSR count). The topological polar surface area (TPSA) is 85.3 Å². The second kappa shape index (κ2) is 10.7. The predicted molar refractivity (Wildman–Crippen MR) is 154 cm³/mol.